The number of benzene rings is 2. The van der Waals surface area contributed by atoms with E-state index in [1.165, 1.54) is 0 Å². The number of hydrogen-bond donors (Lipinski definition) is 2. The van der Waals surface area contributed by atoms with Crippen LogP contribution in [-0.2, 0) is 16.4 Å². The fourth-order valence-electron chi connectivity index (χ4n) is 2.90. The van der Waals surface area contributed by atoms with Crippen molar-refractivity contribution in [2.75, 3.05) is 4.72 Å². The summed E-state index contributed by atoms with van der Waals surface area (Å²) in [5.74, 6) is 0. The van der Waals surface area contributed by atoms with Crippen LogP contribution < -0.4 is 4.72 Å². The third kappa shape index (κ3) is 3.04. The Balaban J connectivity index is 1.96. The number of para-hydroxylation sites is 1. The lowest BCUT2D eigenvalue weighted by Crippen LogP contribution is -2.13. The largest absolute Gasteiger partial charge is 0.357 e. The van der Waals surface area contributed by atoms with Gasteiger partial charge in [-0.15, -0.1) is 0 Å². The molecule has 126 valence electrons. The molecule has 2 aromatic carbocycles. The van der Waals surface area contributed by atoms with E-state index in [1.54, 1.807) is 18.2 Å². The highest BCUT2D eigenvalue weighted by Crippen LogP contribution is 2.29. The van der Waals surface area contributed by atoms with Gasteiger partial charge in [0.2, 0.25) is 0 Å². The second kappa shape index (κ2) is 6.32. The molecule has 0 aliphatic carbocycles. The van der Waals surface area contributed by atoms with E-state index >= 15 is 0 Å². The molecule has 0 radical (unpaired) electrons. The van der Waals surface area contributed by atoms with Gasteiger partial charge in [0.25, 0.3) is 10.0 Å². The van der Waals surface area contributed by atoms with Crippen molar-refractivity contribution in [2.24, 2.45) is 0 Å². The first-order valence-electron chi connectivity index (χ1n) is 8.12. The number of sulfonamides is 1. The van der Waals surface area contributed by atoms with Crippen LogP contribution in [0.4, 0.5) is 5.69 Å². The summed E-state index contributed by atoms with van der Waals surface area (Å²) in [6, 6.07) is 12.7. The summed E-state index contributed by atoms with van der Waals surface area (Å²) in [6.45, 7) is 6.12. The molecule has 3 aromatic rings. The first-order valence-corrected chi connectivity index (χ1v) is 9.60. The molecule has 2 N–H and O–H groups in total. The van der Waals surface area contributed by atoms with Crippen molar-refractivity contribution >= 4 is 26.6 Å². The average Bonchev–Trinajstić information content (AvgIpc) is 2.84. The highest BCUT2D eigenvalue weighted by Gasteiger charge is 2.17. The molecule has 0 bridgehead atoms. The maximum Gasteiger partial charge on any atom is 0.261 e. The molecular weight excluding hydrogens is 320 g/mol. The van der Waals surface area contributed by atoms with Gasteiger partial charge in [0.05, 0.1) is 16.1 Å². The van der Waals surface area contributed by atoms with Crippen LogP contribution in [0.5, 0.6) is 0 Å². The summed E-state index contributed by atoms with van der Waals surface area (Å²) in [6.07, 6.45) is 1.99. The monoisotopic (exact) mass is 342 g/mol. The van der Waals surface area contributed by atoms with E-state index in [2.05, 4.69) is 16.6 Å². The van der Waals surface area contributed by atoms with Crippen LogP contribution >= 0.6 is 0 Å². The molecule has 4 nitrogen and oxygen atoms in total. The van der Waals surface area contributed by atoms with Gasteiger partial charge in [-0.3, -0.25) is 4.72 Å². The number of fused-ring (bicyclic) bond motifs is 1. The second-order valence-electron chi connectivity index (χ2n) is 6.10. The summed E-state index contributed by atoms with van der Waals surface area (Å²) in [5, 5.41) is 1.03. The number of aryl methyl sites for hydroxylation is 3. The number of H-pyrrole nitrogens is 1. The van der Waals surface area contributed by atoms with E-state index in [0.717, 1.165) is 40.6 Å². The molecule has 0 aliphatic heterocycles. The Morgan fingerprint density at radius 2 is 1.75 bits per heavy atom. The maximum absolute atomic E-state index is 12.7. The smallest absolute Gasteiger partial charge is 0.261 e. The van der Waals surface area contributed by atoms with Gasteiger partial charge in [-0.2, -0.15) is 0 Å². The third-order valence-corrected chi connectivity index (χ3v) is 5.74. The van der Waals surface area contributed by atoms with E-state index in [9.17, 15) is 8.42 Å². The second-order valence-corrected chi connectivity index (χ2v) is 7.78. The number of aromatic amines is 1. The van der Waals surface area contributed by atoms with Gasteiger partial charge < -0.3 is 4.98 Å². The fourth-order valence-corrected chi connectivity index (χ4v) is 3.97. The molecule has 0 saturated heterocycles. The van der Waals surface area contributed by atoms with Gasteiger partial charge >= 0.3 is 0 Å². The Morgan fingerprint density at radius 1 is 1.04 bits per heavy atom. The number of hydrogen-bond acceptors (Lipinski definition) is 2. The number of rotatable bonds is 5. The van der Waals surface area contributed by atoms with Gasteiger partial charge in [-0.05, 0) is 49.6 Å². The Bertz CT molecular complexity index is 971. The van der Waals surface area contributed by atoms with Crippen molar-refractivity contribution in [2.45, 2.75) is 38.5 Å². The zero-order chi connectivity index (χ0) is 17.3. The zero-order valence-electron chi connectivity index (χ0n) is 14.2. The Morgan fingerprint density at radius 3 is 2.42 bits per heavy atom. The lowest BCUT2D eigenvalue weighted by atomic mass is 10.1. The van der Waals surface area contributed by atoms with Crippen LogP contribution in [0.25, 0.3) is 10.9 Å². The minimum atomic E-state index is -3.61. The molecule has 0 saturated carbocycles. The van der Waals surface area contributed by atoms with Crippen LogP contribution in [0, 0.1) is 13.8 Å². The minimum absolute atomic E-state index is 0.277. The van der Waals surface area contributed by atoms with E-state index < -0.39 is 10.0 Å². The molecule has 0 aliphatic rings. The van der Waals surface area contributed by atoms with Crippen molar-refractivity contribution < 1.29 is 8.42 Å². The van der Waals surface area contributed by atoms with Gasteiger partial charge in [0.1, 0.15) is 0 Å². The van der Waals surface area contributed by atoms with E-state index in [4.69, 9.17) is 0 Å². The summed E-state index contributed by atoms with van der Waals surface area (Å²) < 4.78 is 28.1. The average molecular weight is 342 g/mol. The van der Waals surface area contributed by atoms with Crippen molar-refractivity contribution in [3.05, 3.63) is 59.3 Å². The predicted molar refractivity (Wildman–Crippen MR) is 99.0 cm³/mol. The lowest BCUT2D eigenvalue weighted by molar-refractivity contribution is 0.601. The van der Waals surface area contributed by atoms with Crippen molar-refractivity contribution in [1.82, 2.24) is 4.98 Å². The highest BCUT2D eigenvalue weighted by molar-refractivity contribution is 7.92. The molecule has 3 rings (SSSR count). The summed E-state index contributed by atoms with van der Waals surface area (Å²) in [7, 11) is -3.61. The predicted octanol–water partition coefficient (Wildman–Crippen LogP) is 4.54. The van der Waals surface area contributed by atoms with Crippen LogP contribution in [0.3, 0.4) is 0 Å². The van der Waals surface area contributed by atoms with Crippen LogP contribution in [-0.4, -0.2) is 13.4 Å². The quantitative estimate of drug-likeness (QED) is 0.715. The van der Waals surface area contributed by atoms with Crippen LogP contribution in [0.15, 0.2) is 47.4 Å². The molecule has 1 aromatic heterocycles. The normalized spacial score (nSPS) is 11.8. The van der Waals surface area contributed by atoms with E-state index in [1.807, 2.05) is 38.1 Å². The van der Waals surface area contributed by atoms with Gasteiger partial charge in [0, 0.05) is 11.1 Å². The van der Waals surface area contributed by atoms with Crippen molar-refractivity contribution in [1.29, 1.82) is 0 Å². The number of nitrogens with one attached hydrogen (secondary N) is 2. The van der Waals surface area contributed by atoms with Crippen molar-refractivity contribution in [3.63, 3.8) is 0 Å². The number of aromatic nitrogens is 1. The van der Waals surface area contributed by atoms with Crippen molar-refractivity contribution in [3.8, 4) is 0 Å². The van der Waals surface area contributed by atoms with Crippen LogP contribution in [0.1, 0.15) is 30.2 Å². The standard InChI is InChI=1S/C19H22N2O2S/c1-4-6-15-9-11-16(12-10-15)24(22,23)21-18-8-5-7-17-13(2)14(3)20-19(17)18/h5,7-12,20-21H,4,6H2,1-3H3. The third-order valence-electron chi connectivity index (χ3n) is 4.36. The first-order chi connectivity index (χ1) is 11.4. The fraction of sp³-hybridized carbons (Fsp3) is 0.263. The molecule has 1 heterocycles. The van der Waals surface area contributed by atoms with Crippen LogP contribution in [0.2, 0.25) is 0 Å². The maximum atomic E-state index is 12.7. The summed E-state index contributed by atoms with van der Waals surface area (Å²) in [4.78, 5) is 3.55. The lowest BCUT2D eigenvalue weighted by Gasteiger charge is -2.10. The van der Waals surface area contributed by atoms with Gasteiger partial charge in [-0.25, -0.2) is 8.42 Å². The van der Waals surface area contributed by atoms with E-state index in [0.29, 0.717) is 5.69 Å². The SMILES string of the molecule is CCCc1ccc(S(=O)(=O)Nc2cccc3c(C)c(C)[nH]c23)cc1. The molecule has 5 heteroatoms. The molecule has 0 spiro atoms. The molecular formula is C19H22N2O2S. The minimum Gasteiger partial charge on any atom is -0.357 e. The van der Waals surface area contributed by atoms with E-state index in [-0.39, 0.29) is 4.90 Å². The topological polar surface area (TPSA) is 62.0 Å². The number of anilines is 1. The Kier molecular flexibility index (Phi) is 4.37. The molecule has 0 amide bonds. The zero-order valence-corrected chi connectivity index (χ0v) is 15.0. The van der Waals surface area contributed by atoms with Gasteiger partial charge in [-0.1, -0.05) is 37.6 Å². The first kappa shape index (κ1) is 16.6. The Hall–Kier alpha value is -2.27. The molecule has 0 unspecified atom stereocenters. The highest BCUT2D eigenvalue weighted by atomic mass is 32.2. The molecule has 0 atom stereocenters. The molecule has 0 fully saturated rings. The Labute approximate surface area is 143 Å². The summed E-state index contributed by atoms with van der Waals surface area (Å²) in [5.41, 5.74) is 4.71. The molecule has 24 heavy (non-hydrogen) atoms. The summed E-state index contributed by atoms with van der Waals surface area (Å²) >= 11 is 0. The van der Waals surface area contributed by atoms with Gasteiger partial charge in [0.15, 0.2) is 0 Å².